The van der Waals surface area contributed by atoms with Crippen LogP contribution in [0.4, 0.5) is 0 Å². The van der Waals surface area contributed by atoms with Gasteiger partial charge in [-0.1, -0.05) is 40.5 Å². The summed E-state index contributed by atoms with van der Waals surface area (Å²) in [4.78, 5) is 0. The first kappa shape index (κ1) is 13.0. The molecule has 0 aliphatic heterocycles. The minimum absolute atomic E-state index is 0.542. The Hall–Kier alpha value is -0.0400. The van der Waals surface area contributed by atoms with Crippen molar-refractivity contribution in [1.82, 2.24) is 0 Å². The highest BCUT2D eigenvalue weighted by molar-refractivity contribution is 4.81. The van der Waals surface area contributed by atoms with Gasteiger partial charge in [-0.15, -0.1) is 0 Å². The Morgan fingerprint density at radius 2 is 2.00 bits per heavy atom. The second kappa shape index (κ2) is 6.52. The van der Waals surface area contributed by atoms with Crippen LogP contribution >= 0.6 is 0 Å². The van der Waals surface area contributed by atoms with Crippen LogP contribution in [0.25, 0.3) is 0 Å². The largest absolute Gasteiger partial charge is 0.378 e. The zero-order chi connectivity index (χ0) is 11.3. The average Bonchev–Trinajstić information content (AvgIpc) is 2.18. The summed E-state index contributed by atoms with van der Waals surface area (Å²) < 4.78 is 6.07. The van der Waals surface area contributed by atoms with Crippen molar-refractivity contribution in [2.45, 2.75) is 65.9 Å². The van der Waals surface area contributed by atoms with Crippen LogP contribution < -0.4 is 0 Å². The summed E-state index contributed by atoms with van der Waals surface area (Å²) in [7, 11) is 0. The van der Waals surface area contributed by atoms with E-state index in [0.717, 1.165) is 24.4 Å². The molecule has 0 N–H and O–H groups in total. The standard InChI is InChI=1S/C14H28O/c1-5-6-9-15-14-10-12(4)7-8-13(14)11(2)3/h11-14H,5-10H2,1-4H3. The van der Waals surface area contributed by atoms with Gasteiger partial charge in [-0.3, -0.25) is 0 Å². The van der Waals surface area contributed by atoms with Crippen molar-refractivity contribution in [3.63, 3.8) is 0 Å². The number of ether oxygens (including phenoxy) is 1. The van der Waals surface area contributed by atoms with Crippen LogP contribution in [0.2, 0.25) is 0 Å². The van der Waals surface area contributed by atoms with Gasteiger partial charge in [0.05, 0.1) is 6.10 Å². The molecule has 1 nitrogen and oxygen atoms in total. The van der Waals surface area contributed by atoms with Gasteiger partial charge < -0.3 is 4.74 Å². The van der Waals surface area contributed by atoms with Crippen molar-refractivity contribution in [3.8, 4) is 0 Å². The van der Waals surface area contributed by atoms with Crippen molar-refractivity contribution in [2.75, 3.05) is 6.61 Å². The van der Waals surface area contributed by atoms with Crippen molar-refractivity contribution < 1.29 is 4.74 Å². The molecule has 0 amide bonds. The van der Waals surface area contributed by atoms with Crippen LogP contribution in [0.1, 0.15) is 59.8 Å². The van der Waals surface area contributed by atoms with E-state index in [1.807, 2.05) is 0 Å². The average molecular weight is 212 g/mol. The molecule has 0 spiro atoms. The fraction of sp³-hybridized carbons (Fsp3) is 1.00. The number of unbranched alkanes of at least 4 members (excludes halogenated alkanes) is 1. The Morgan fingerprint density at radius 3 is 2.60 bits per heavy atom. The Balaban J connectivity index is 2.39. The predicted octanol–water partition coefficient (Wildman–Crippen LogP) is 4.26. The lowest BCUT2D eigenvalue weighted by Crippen LogP contribution is -2.34. The molecule has 1 rings (SSSR count). The Labute approximate surface area is 95.6 Å². The summed E-state index contributed by atoms with van der Waals surface area (Å²) in [5.41, 5.74) is 0. The molecule has 15 heavy (non-hydrogen) atoms. The maximum absolute atomic E-state index is 6.07. The minimum Gasteiger partial charge on any atom is -0.378 e. The van der Waals surface area contributed by atoms with E-state index < -0.39 is 0 Å². The molecule has 1 heteroatoms. The van der Waals surface area contributed by atoms with Gasteiger partial charge in [0.25, 0.3) is 0 Å². The summed E-state index contributed by atoms with van der Waals surface area (Å²) in [5, 5.41) is 0. The highest BCUT2D eigenvalue weighted by Gasteiger charge is 2.30. The smallest absolute Gasteiger partial charge is 0.0608 e. The van der Waals surface area contributed by atoms with E-state index in [0.29, 0.717) is 6.10 Å². The number of rotatable bonds is 5. The monoisotopic (exact) mass is 212 g/mol. The molecule has 0 aromatic rings. The van der Waals surface area contributed by atoms with Crippen molar-refractivity contribution >= 4 is 0 Å². The second-order valence-corrected chi connectivity index (χ2v) is 5.59. The fourth-order valence-electron chi connectivity index (χ4n) is 2.69. The first-order valence-electron chi connectivity index (χ1n) is 6.76. The SMILES string of the molecule is CCCCOC1CC(C)CCC1C(C)C. The van der Waals surface area contributed by atoms with Crippen LogP contribution in [0.15, 0.2) is 0 Å². The first-order valence-corrected chi connectivity index (χ1v) is 6.76. The highest BCUT2D eigenvalue weighted by atomic mass is 16.5. The molecule has 1 fully saturated rings. The molecule has 0 aromatic heterocycles. The third-order valence-electron chi connectivity index (χ3n) is 3.79. The van der Waals surface area contributed by atoms with Gasteiger partial charge in [-0.05, 0) is 37.0 Å². The topological polar surface area (TPSA) is 9.23 Å². The molecule has 0 saturated heterocycles. The number of hydrogen-bond donors (Lipinski definition) is 0. The van der Waals surface area contributed by atoms with Crippen molar-refractivity contribution in [1.29, 1.82) is 0 Å². The summed E-state index contributed by atoms with van der Waals surface area (Å²) in [6, 6.07) is 0. The third kappa shape index (κ3) is 4.14. The van der Waals surface area contributed by atoms with Crippen molar-refractivity contribution in [2.24, 2.45) is 17.8 Å². The maximum Gasteiger partial charge on any atom is 0.0608 e. The summed E-state index contributed by atoms with van der Waals surface area (Å²) >= 11 is 0. The van der Waals surface area contributed by atoms with E-state index in [9.17, 15) is 0 Å². The van der Waals surface area contributed by atoms with Gasteiger partial charge in [0.2, 0.25) is 0 Å². The van der Waals surface area contributed by atoms with Gasteiger partial charge in [-0.2, -0.15) is 0 Å². The molecule has 0 radical (unpaired) electrons. The summed E-state index contributed by atoms with van der Waals surface area (Å²) in [5.74, 6) is 2.45. The predicted molar refractivity (Wildman–Crippen MR) is 66.0 cm³/mol. The molecular formula is C14H28O. The Morgan fingerprint density at radius 1 is 1.27 bits per heavy atom. The zero-order valence-electron chi connectivity index (χ0n) is 11.0. The normalized spacial score (nSPS) is 32.2. The molecule has 3 unspecified atom stereocenters. The highest BCUT2D eigenvalue weighted by Crippen LogP contribution is 2.35. The lowest BCUT2D eigenvalue weighted by atomic mass is 9.75. The van der Waals surface area contributed by atoms with Gasteiger partial charge in [-0.25, -0.2) is 0 Å². The van der Waals surface area contributed by atoms with Crippen LogP contribution in [-0.4, -0.2) is 12.7 Å². The summed E-state index contributed by atoms with van der Waals surface area (Å²) in [6.45, 7) is 10.3. The van der Waals surface area contributed by atoms with Crippen LogP contribution in [0.5, 0.6) is 0 Å². The zero-order valence-corrected chi connectivity index (χ0v) is 11.0. The van der Waals surface area contributed by atoms with E-state index in [-0.39, 0.29) is 0 Å². The molecule has 0 aromatic carbocycles. The Kier molecular flexibility index (Phi) is 5.66. The number of hydrogen-bond acceptors (Lipinski definition) is 1. The molecule has 3 atom stereocenters. The lowest BCUT2D eigenvalue weighted by Gasteiger charge is -2.37. The fourth-order valence-corrected chi connectivity index (χ4v) is 2.69. The van der Waals surface area contributed by atoms with Crippen LogP contribution in [0.3, 0.4) is 0 Å². The minimum atomic E-state index is 0.542. The third-order valence-corrected chi connectivity index (χ3v) is 3.79. The van der Waals surface area contributed by atoms with Gasteiger partial charge in [0.1, 0.15) is 0 Å². The molecule has 1 aliphatic rings. The molecular weight excluding hydrogens is 184 g/mol. The van der Waals surface area contributed by atoms with Crippen LogP contribution in [0, 0.1) is 17.8 Å². The lowest BCUT2D eigenvalue weighted by molar-refractivity contribution is -0.0390. The molecule has 0 heterocycles. The van der Waals surface area contributed by atoms with Crippen LogP contribution in [-0.2, 0) is 4.74 Å². The molecule has 1 aliphatic carbocycles. The quantitative estimate of drug-likeness (QED) is 0.619. The van der Waals surface area contributed by atoms with E-state index in [4.69, 9.17) is 4.74 Å². The first-order chi connectivity index (χ1) is 7.15. The van der Waals surface area contributed by atoms with E-state index >= 15 is 0 Å². The van der Waals surface area contributed by atoms with E-state index in [1.54, 1.807) is 0 Å². The molecule has 90 valence electrons. The van der Waals surface area contributed by atoms with Gasteiger partial charge >= 0.3 is 0 Å². The van der Waals surface area contributed by atoms with E-state index in [1.165, 1.54) is 32.1 Å². The van der Waals surface area contributed by atoms with Gasteiger partial charge in [0.15, 0.2) is 0 Å². The molecule has 1 saturated carbocycles. The second-order valence-electron chi connectivity index (χ2n) is 5.59. The summed E-state index contributed by atoms with van der Waals surface area (Å²) in [6.07, 6.45) is 7.06. The van der Waals surface area contributed by atoms with Crippen molar-refractivity contribution in [3.05, 3.63) is 0 Å². The van der Waals surface area contributed by atoms with E-state index in [2.05, 4.69) is 27.7 Å². The molecule has 0 bridgehead atoms. The van der Waals surface area contributed by atoms with Gasteiger partial charge in [0, 0.05) is 6.61 Å². The maximum atomic E-state index is 6.07. The Bertz CT molecular complexity index is 165.